The molecule has 0 bridgehead atoms. The molecule has 0 saturated heterocycles. The first-order chi connectivity index (χ1) is 9.15. The molecule has 3 heteroatoms. The Morgan fingerprint density at radius 2 is 2.00 bits per heavy atom. The summed E-state index contributed by atoms with van der Waals surface area (Å²) in [6, 6.07) is 7.64. The van der Waals surface area contributed by atoms with Crippen molar-refractivity contribution in [2.45, 2.75) is 33.1 Å². The monoisotopic (exact) mass is 259 g/mol. The average Bonchev–Trinajstić information content (AvgIpc) is 2.39. The highest BCUT2D eigenvalue weighted by Gasteiger charge is 2.03. The molecule has 0 saturated carbocycles. The summed E-state index contributed by atoms with van der Waals surface area (Å²) in [7, 11) is 1.71. The van der Waals surface area contributed by atoms with Crippen molar-refractivity contribution in [3.05, 3.63) is 41.7 Å². The summed E-state index contributed by atoms with van der Waals surface area (Å²) in [5.41, 5.74) is 1.03. The number of ketones is 1. The van der Waals surface area contributed by atoms with Crippen LogP contribution in [0.15, 0.2) is 41.1 Å². The number of Topliss-reactive ketones (excluding diaryl/α,β-unsaturated/α-hetero) is 1. The molecule has 1 aromatic rings. The number of nitrogens with zero attached hydrogens (tertiary/aromatic N) is 1. The predicted molar refractivity (Wildman–Crippen MR) is 78.9 cm³/mol. The molecular formula is C16H21NO2. The highest BCUT2D eigenvalue weighted by atomic mass is 16.5. The van der Waals surface area contributed by atoms with Crippen molar-refractivity contribution >= 4 is 12.0 Å². The fourth-order valence-corrected chi connectivity index (χ4v) is 1.67. The van der Waals surface area contributed by atoms with Crippen molar-refractivity contribution in [3.8, 4) is 5.75 Å². The highest BCUT2D eigenvalue weighted by Crippen LogP contribution is 2.15. The molecule has 0 aromatic heterocycles. The van der Waals surface area contributed by atoms with Crippen LogP contribution >= 0.6 is 0 Å². The van der Waals surface area contributed by atoms with E-state index in [1.54, 1.807) is 19.3 Å². The molecule has 0 unspecified atom stereocenters. The van der Waals surface area contributed by atoms with Crippen LogP contribution in [0, 0.1) is 0 Å². The number of allylic oxidation sites excluding steroid dienone is 2. The third kappa shape index (κ3) is 6.00. The maximum Gasteiger partial charge on any atom is 0.137 e. The van der Waals surface area contributed by atoms with E-state index in [2.05, 4.69) is 4.99 Å². The van der Waals surface area contributed by atoms with E-state index in [0.29, 0.717) is 12.8 Å². The summed E-state index contributed by atoms with van der Waals surface area (Å²) >= 11 is 0. The molecule has 0 amide bonds. The second-order valence-electron chi connectivity index (χ2n) is 4.40. The summed E-state index contributed by atoms with van der Waals surface area (Å²) in [5.74, 6) is 1.83. The molecule has 0 aliphatic carbocycles. The Morgan fingerprint density at radius 3 is 2.58 bits per heavy atom. The minimum Gasteiger partial charge on any atom is -0.462 e. The minimum atomic E-state index is 0.284. The molecule has 0 atom stereocenters. The van der Waals surface area contributed by atoms with Gasteiger partial charge in [0.1, 0.15) is 17.3 Å². The molecule has 0 radical (unpaired) electrons. The Kier molecular flexibility index (Phi) is 6.58. The van der Waals surface area contributed by atoms with Crippen LogP contribution in [0.4, 0.5) is 0 Å². The van der Waals surface area contributed by atoms with Gasteiger partial charge in [0, 0.05) is 26.1 Å². The molecular weight excluding hydrogens is 238 g/mol. The van der Waals surface area contributed by atoms with Crippen molar-refractivity contribution in [1.29, 1.82) is 0 Å². The molecule has 0 spiro atoms. The number of ether oxygens (including phenoxy) is 1. The number of benzene rings is 1. The molecule has 0 N–H and O–H groups in total. The van der Waals surface area contributed by atoms with Gasteiger partial charge in [-0.25, -0.2) is 0 Å². The van der Waals surface area contributed by atoms with Gasteiger partial charge < -0.3 is 4.74 Å². The topological polar surface area (TPSA) is 38.7 Å². The number of hydrogen-bond donors (Lipinski definition) is 0. The fourth-order valence-electron chi connectivity index (χ4n) is 1.67. The first kappa shape index (κ1) is 15.2. The summed E-state index contributed by atoms with van der Waals surface area (Å²) < 4.78 is 5.61. The number of carbonyl (C=O) groups is 1. The lowest BCUT2D eigenvalue weighted by molar-refractivity contribution is -0.118. The van der Waals surface area contributed by atoms with Gasteiger partial charge in [0.2, 0.25) is 0 Å². The van der Waals surface area contributed by atoms with Gasteiger partial charge in [-0.1, -0.05) is 19.1 Å². The van der Waals surface area contributed by atoms with Crippen LogP contribution in [0.1, 0.15) is 32.3 Å². The Hall–Kier alpha value is -1.90. The molecule has 0 aliphatic rings. The van der Waals surface area contributed by atoms with E-state index in [1.165, 1.54) is 0 Å². The molecule has 0 aliphatic heterocycles. The van der Waals surface area contributed by atoms with Crippen LogP contribution in [0.25, 0.3) is 0 Å². The van der Waals surface area contributed by atoms with Crippen molar-refractivity contribution in [1.82, 2.24) is 0 Å². The molecule has 102 valence electrons. The normalized spacial score (nSPS) is 11.8. The standard InChI is InChI=1S/C16H21NO2/c1-4-5-15(18)12-14-6-8-16(9-7-14)19-13(2)10-11-17-3/h6-11H,4-5,12H2,1-3H3/b13-10+,17-11?. The third-order valence-corrected chi connectivity index (χ3v) is 2.59. The zero-order valence-corrected chi connectivity index (χ0v) is 11.8. The van der Waals surface area contributed by atoms with E-state index in [0.717, 1.165) is 23.5 Å². The van der Waals surface area contributed by atoms with Gasteiger partial charge in [-0.3, -0.25) is 9.79 Å². The zero-order chi connectivity index (χ0) is 14.1. The number of hydrogen-bond acceptors (Lipinski definition) is 3. The molecule has 19 heavy (non-hydrogen) atoms. The first-order valence-electron chi connectivity index (χ1n) is 6.53. The zero-order valence-electron chi connectivity index (χ0n) is 11.8. The van der Waals surface area contributed by atoms with Gasteiger partial charge in [-0.2, -0.15) is 0 Å². The average molecular weight is 259 g/mol. The minimum absolute atomic E-state index is 0.284. The van der Waals surface area contributed by atoms with Crippen molar-refractivity contribution < 1.29 is 9.53 Å². The van der Waals surface area contributed by atoms with Crippen molar-refractivity contribution in [3.63, 3.8) is 0 Å². The summed E-state index contributed by atoms with van der Waals surface area (Å²) in [4.78, 5) is 15.4. The van der Waals surface area contributed by atoms with Crippen LogP contribution in [0.2, 0.25) is 0 Å². The van der Waals surface area contributed by atoms with Crippen LogP contribution in [0.5, 0.6) is 5.75 Å². The lowest BCUT2D eigenvalue weighted by atomic mass is 10.1. The Labute approximate surface area is 115 Å². The number of carbonyl (C=O) groups excluding carboxylic acids is 1. The molecule has 3 nitrogen and oxygen atoms in total. The summed E-state index contributed by atoms with van der Waals surface area (Å²) in [6.07, 6.45) is 5.55. The molecule has 0 fully saturated rings. The third-order valence-electron chi connectivity index (χ3n) is 2.59. The van der Waals surface area contributed by atoms with Crippen LogP contribution in [-0.4, -0.2) is 19.0 Å². The molecule has 1 rings (SSSR count). The number of aliphatic imine (C=N–C) groups is 1. The SMILES string of the molecule is CCCC(=O)Cc1ccc(O/C(C)=C/C=NC)cc1. The van der Waals surface area contributed by atoms with Crippen molar-refractivity contribution in [2.24, 2.45) is 4.99 Å². The lowest BCUT2D eigenvalue weighted by Gasteiger charge is -2.06. The predicted octanol–water partition coefficient (Wildman–Crippen LogP) is 3.58. The Balaban J connectivity index is 2.59. The second-order valence-corrected chi connectivity index (χ2v) is 4.40. The first-order valence-corrected chi connectivity index (χ1v) is 6.53. The van der Waals surface area contributed by atoms with Gasteiger partial charge in [0.15, 0.2) is 0 Å². The molecule has 0 heterocycles. The summed E-state index contributed by atoms with van der Waals surface area (Å²) in [6.45, 7) is 3.89. The van der Waals surface area contributed by atoms with Gasteiger partial charge in [-0.15, -0.1) is 0 Å². The maximum atomic E-state index is 11.5. The van der Waals surface area contributed by atoms with E-state index >= 15 is 0 Å². The maximum absolute atomic E-state index is 11.5. The fraction of sp³-hybridized carbons (Fsp3) is 0.375. The largest absolute Gasteiger partial charge is 0.462 e. The van der Waals surface area contributed by atoms with Gasteiger partial charge in [0.05, 0.1) is 0 Å². The van der Waals surface area contributed by atoms with Crippen LogP contribution < -0.4 is 4.74 Å². The van der Waals surface area contributed by atoms with Gasteiger partial charge in [-0.05, 0) is 37.1 Å². The van der Waals surface area contributed by atoms with Crippen LogP contribution in [-0.2, 0) is 11.2 Å². The van der Waals surface area contributed by atoms with E-state index in [1.807, 2.05) is 38.1 Å². The Morgan fingerprint density at radius 1 is 1.32 bits per heavy atom. The summed E-state index contributed by atoms with van der Waals surface area (Å²) in [5, 5.41) is 0. The van der Waals surface area contributed by atoms with Crippen LogP contribution in [0.3, 0.4) is 0 Å². The van der Waals surface area contributed by atoms with E-state index in [4.69, 9.17) is 4.74 Å². The Bertz CT molecular complexity index is 458. The highest BCUT2D eigenvalue weighted by molar-refractivity contribution is 5.80. The van der Waals surface area contributed by atoms with Gasteiger partial charge in [0.25, 0.3) is 0 Å². The number of rotatable bonds is 7. The lowest BCUT2D eigenvalue weighted by Crippen LogP contribution is -2.01. The smallest absolute Gasteiger partial charge is 0.137 e. The van der Waals surface area contributed by atoms with E-state index in [9.17, 15) is 4.79 Å². The molecule has 1 aromatic carbocycles. The second kappa shape index (κ2) is 8.25. The van der Waals surface area contributed by atoms with E-state index in [-0.39, 0.29) is 5.78 Å². The van der Waals surface area contributed by atoms with Gasteiger partial charge >= 0.3 is 0 Å². The quantitative estimate of drug-likeness (QED) is 0.554. The van der Waals surface area contributed by atoms with Crippen molar-refractivity contribution in [2.75, 3.05) is 7.05 Å². The van der Waals surface area contributed by atoms with E-state index < -0.39 is 0 Å².